The molecule has 12 aromatic carbocycles. The summed E-state index contributed by atoms with van der Waals surface area (Å²) >= 11 is 0. The van der Waals surface area contributed by atoms with E-state index in [1.54, 1.807) is 0 Å². The second-order valence-corrected chi connectivity index (χ2v) is 20.7. The average molecular weight is 923 g/mol. The molecular formula is C70H50O2. The van der Waals surface area contributed by atoms with Crippen LogP contribution in [0.15, 0.2) is 231 Å². The quantitative estimate of drug-likeness (QED) is 0.160. The fourth-order valence-electron chi connectivity index (χ4n) is 12.3. The highest BCUT2D eigenvalue weighted by atomic mass is 16.5. The maximum Gasteiger partial charge on any atom is 0.139 e. The third kappa shape index (κ3) is 6.35. The lowest BCUT2D eigenvalue weighted by Gasteiger charge is -2.35. The van der Waals surface area contributed by atoms with Crippen molar-refractivity contribution in [2.75, 3.05) is 0 Å². The van der Waals surface area contributed by atoms with E-state index in [0.717, 1.165) is 56.4 Å². The van der Waals surface area contributed by atoms with Crippen LogP contribution in [0.3, 0.4) is 0 Å². The molecule has 0 unspecified atom stereocenters. The van der Waals surface area contributed by atoms with Crippen LogP contribution in [-0.2, 0) is 10.8 Å². The summed E-state index contributed by atoms with van der Waals surface area (Å²) in [5, 5.41) is 9.58. The molecule has 0 aromatic heterocycles. The van der Waals surface area contributed by atoms with E-state index >= 15 is 0 Å². The number of rotatable bonds is 5. The summed E-state index contributed by atoms with van der Waals surface area (Å²) in [5.41, 5.74) is 15.9. The SMILES string of the molecule is CC1(C)c2ccccc2Oc2c(-c3cc(-c4cccc5c(-c6ccccc6)c6cccc(-c7cc(-c8cccc9c8Oc8ccccc8C9(C)C)c8ccccc8c7)c6cc45)cc4ccccc34)cccc21. The van der Waals surface area contributed by atoms with Gasteiger partial charge in [-0.2, -0.15) is 0 Å². The van der Waals surface area contributed by atoms with Crippen molar-refractivity contribution < 1.29 is 9.47 Å². The monoisotopic (exact) mass is 922 g/mol. The minimum absolute atomic E-state index is 0.237. The summed E-state index contributed by atoms with van der Waals surface area (Å²) in [6, 6.07) is 84.6. The number of hydrogen-bond acceptors (Lipinski definition) is 2. The van der Waals surface area contributed by atoms with Crippen LogP contribution in [0.1, 0.15) is 49.9 Å². The molecule has 14 rings (SSSR count). The smallest absolute Gasteiger partial charge is 0.139 e. The second-order valence-electron chi connectivity index (χ2n) is 20.7. The van der Waals surface area contributed by atoms with E-state index in [9.17, 15) is 0 Å². The standard InChI is InChI=1S/C70H50O2/c1-69(2)60-32-12-14-36-64(60)71-67-54(30-18-34-62(67)69)56-40-46(38-44-22-8-10-24-48(44)56)50-26-16-28-52-58(50)42-59-51(27-17-29-53(59)66(52)43-20-6-5-7-21-43)47-39-45-23-9-11-25-49(45)57(41-47)55-31-19-35-63-68(55)72-65-37-15-13-33-61(65)70(63,3)4/h5-42H,1-4H3. The Labute approximate surface area is 420 Å². The van der Waals surface area contributed by atoms with Crippen molar-refractivity contribution in [1.29, 1.82) is 0 Å². The van der Waals surface area contributed by atoms with Gasteiger partial charge in [0.2, 0.25) is 0 Å². The van der Waals surface area contributed by atoms with Crippen LogP contribution in [0.25, 0.3) is 98.7 Å². The molecule has 72 heavy (non-hydrogen) atoms. The topological polar surface area (TPSA) is 18.5 Å². The van der Waals surface area contributed by atoms with E-state index in [-0.39, 0.29) is 10.8 Å². The zero-order chi connectivity index (χ0) is 48.3. The number of benzene rings is 12. The van der Waals surface area contributed by atoms with Crippen molar-refractivity contribution in [1.82, 2.24) is 0 Å². The molecule has 12 aromatic rings. The van der Waals surface area contributed by atoms with E-state index in [1.165, 1.54) is 87.6 Å². The molecule has 0 spiro atoms. The van der Waals surface area contributed by atoms with Gasteiger partial charge in [-0.3, -0.25) is 0 Å². The molecule has 0 atom stereocenters. The molecule has 0 aliphatic carbocycles. The third-order valence-electron chi connectivity index (χ3n) is 15.9. The van der Waals surface area contributed by atoms with Crippen LogP contribution in [0.4, 0.5) is 0 Å². The predicted molar refractivity (Wildman–Crippen MR) is 301 cm³/mol. The fraction of sp³-hybridized carbons (Fsp3) is 0.0857. The Kier molecular flexibility index (Phi) is 9.32. The summed E-state index contributed by atoms with van der Waals surface area (Å²) < 4.78 is 13.9. The number of para-hydroxylation sites is 4. The lowest BCUT2D eigenvalue weighted by Crippen LogP contribution is -2.24. The normalized spacial score (nSPS) is 14.0. The summed E-state index contributed by atoms with van der Waals surface area (Å²) in [4.78, 5) is 0. The van der Waals surface area contributed by atoms with E-state index in [4.69, 9.17) is 9.47 Å². The summed E-state index contributed by atoms with van der Waals surface area (Å²) in [7, 11) is 0. The van der Waals surface area contributed by atoms with Crippen LogP contribution < -0.4 is 9.47 Å². The highest BCUT2D eigenvalue weighted by Gasteiger charge is 2.37. The van der Waals surface area contributed by atoms with Gasteiger partial charge in [0.1, 0.15) is 23.0 Å². The van der Waals surface area contributed by atoms with Gasteiger partial charge in [0, 0.05) is 44.2 Å². The molecule has 2 aliphatic rings. The van der Waals surface area contributed by atoms with Crippen LogP contribution in [-0.4, -0.2) is 0 Å². The van der Waals surface area contributed by atoms with E-state index < -0.39 is 0 Å². The lowest BCUT2D eigenvalue weighted by atomic mass is 9.74. The van der Waals surface area contributed by atoms with Gasteiger partial charge in [-0.25, -0.2) is 0 Å². The Balaban J connectivity index is 1.01. The molecule has 2 aliphatic heterocycles. The van der Waals surface area contributed by atoms with E-state index in [2.05, 4.69) is 258 Å². The first-order valence-corrected chi connectivity index (χ1v) is 25.1. The highest BCUT2D eigenvalue weighted by Crippen LogP contribution is 2.55. The average Bonchev–Trinajstić information content (AvgIpc) is 3.41. The minimum atomic E-state index is -0.237. The highest BCUT2D eigenvalue weighted by molar-refractivity contribution is 6.20. The summed E-state index contributed by atoms with van der Waals surface area (Å²) in [6.45, 7) is 9.25. The van der Waals surface area contributed by atoms with Crippen LogP contribution >= 0.6 is 0 Å². The largest absolute Gasteiger partial charge is 0.456 e. The van der Waals surface area contributed by atoms with Crippen molar-refractivity contribution in [3.63, 3.8) is 0 Å². The molecule has 2 nitrogen and oxygen atoms in total. The van der Waals surface area contributed by atoms with Gasteiger partial charge < -0.3 is 9.47 Å². The summed E-state index contributed by atoms with van der Waals surface area (Å²) in [6.07, 6.45) is 0. The first-order valence-electron chi connectivity index (χ1n) is 25.1. The molecular weight excluding hydrogens is 873 g/mol. The molecule has 342 valence electrons. The van der Waals surface area contributed by atoms with Crippen molar-refractivity contribution >= 4 is 43.1 Å². The molecule has 0 amide bonds. The fourth-order valence-corrected chi connectivity index (χ4v) is 12.3. The first kappa shape index (κ1) is 42.2. The van der Waals surface area contributed by atoms with Crippen LogP contribution in [0.2, 0.25) is 0 Å². The van der Waals surface area contributed by atoms with E-state index in [1.807, 2.05) is 0 Å². The Morgan fingerprint density at radius 2 is 0.653 bits per heavy atom. The molecule has 0 saturated heterocycles. The molecule has 0 N–H and O–H groups in total. The zero-order valence-electron chi connectivity index (χ0n) is 40.8. The van der Waals surface area contributed by atoms with Crippen LogP contribution in [0.5, 0.6) is 23.0 Å². The van der Waals surface area contributed by atoms with Gasteiger partial charge in [-0.05, 0) is 130 Å². The molecule has 0 bridgehead atoms. The van der Waals surface area contributed by atoms with Gasteiger partial charge >= 0.3 is 0 Å². The number of fused-ring (bicyclic) bond motifs is 8. The van der Waals surface area contributed by atoms with Crippen molar-refractivity contribution in [2.45, 2.75) is 38.5 Å². The van der Waals surface area contributed by atoms with Gasteiger partial charge in [0.25, 0.3) is 0 Å². The molecule has 2 heterocycles. The molecule has 0 saturated carbocycles. The minimum Gasteiger partial charge on any atom is -0.456 e. The van der Waals surface area contributed by atoms with Gasteiger partial charge in [-0.1, -0.05) is 216 Å². The second kappa shape index (κ2) is 15.9. The van der Waals surface area contributed by atoms with Crippen molar-refractivity contribution in [3.8, 4) is 78.6 Å². The Morgan fingerprint density at radius 3 is 1.15 bits per heavy atom. The molecule has 0 radical (unpaired) electrons. The maximum absolute atomic E-state index is 6.94. The Hall–Kier alpha value is -8.72. The number of ether oxygens (including phenoxy) is 2. The maximum atomic E-state index is 6.94. The van der Waals surface area contributed by atoms with Crippen molar-refractivity contribution in [2.24, 2.45) is 0 Å². The predicted octanol–water partition coefficient (Wildman–Crippen LogP) is 19.5. The lowest BCUT2D eigenvalue weighted by molar-refractivity contribution is 0.419. The van der Waals surface area contributed by atoms with Gasteiger partial charge in [-0.15, -0.1) is 0 Å². The number of hydrogen-bond donors (Lipinski definition) is 0. The first-order chi connectivity index (χ1) is 35.2. The van der Waals surface area contributed by atoms with Gasteiger partial charge in [0.15, 0.2) is 0 Å². The summed E-state index contributed by atoms with van der Waals surface area (Å²) in [5.74, 6) is 3.68. The Bertz CT molecular complexity index is 3960. The molecule has 2 heteroatoms. The zero-order valence-corrected chi connectivity index (χ0v) is 40.8. The van der Waals surface area contributed by atoms with Crippen molar-refractivity contribution in [3.05, 3.63) is 253 Å². The van der Waals surface area contributed by atoms with E-state index in [0.29, 0.717) is 0 Å². The third-order valence-corrected chi connectivity index (χ3v) is 15.9. The van der Waals surface area contributed by atoms with Crippen LogP contribution in [0, 0.1) is 0 Å². The molecule has 0 fully saturated rings. The van der Waals surface area contributed by atoms with Gasteiger partial charge in [0.05, 0.1) is 0 Å². The Morgan fingerprint density at radius 1 is 0.264 bits per heavy atom.